The molecule has 0 bridgehead atoms. The van der Waals surface area contributed by atoms with Crippen molar-refractivity contribution in [1.29, 1.82) is 0 Å². The summed E-state index contributed by atoms with van der Waals surface area (Å²) < 4.78 is 33.5. The first kappa shape index (κ1) is 16.7. The number of carbonyl (C=O) groups is 1. The molecule has 0 atom stereocenters. The summed E-state index contributed by atoms with van der Waals surface area (Å²) in [4.78, 5) is 20.1. The first-order valence-electron chi connectivity index (χ1n) is 8.77. The average Bonchev–Trinajstić information content (AvgIpc) is 3.31. The lowest BCUT2D eigenvalue weighted by molar-refractivity contribution is 0.217. The van der Waals surface area contributed by atoms with E-state index in [9.17, 15) is 13.6 Å². The Morgan fingerprint density at radius 2 is 1.93 bits per heavy atom. The molecule has 0 unspecified atom stereocenters. The number of fused-ring (bicyclic) bond motifs is 3. The Morgan fingerprint density at radius 3 is 2.75 bits per heavy atom. The fourth-order valence-corrected chi connectivity index (χ4v) is 3.51. The van der Waals surface area contributed by atoms with Gasteiger partial charge in [0.15, 0.2) is 0 Å². The van der Waals surface area contributed by atoms with Crippen LogP contribution in [-0.2, 0) is 13.2 Å². The number of nitrogens with one attached hydrogen (secondary N) is 1. The summed E-state index contributed by atoms with van der Waals surface area (Å²) in [6, 6.07) is 6.88. The molecule has 9 heteroatoms. The third-order valence-corrected chi connectivity index (χ3v) is 4.99. The molecule has 1 N–H and O–H groups in total. The standard InChI is InChI=1S/C19H15F2N5O2/c20-14-2-1-3-15(21)13(14)9-25-6-7-26(19(25)27)17-5-4-11-12-8-22-24-16(12)10-28-18(11)23-17/h1-5,8H,6-7,9-10H2,(H,22,24). The second-order valence-corrected chi connectivity index (χ2v) is 6.63. The van der Waals surface area contributed by atoms with Crippen molar-refractivity contribution in [2.45, 2.75) is 13.2 Å². The number of rotatable bonds is 3. The summed E-state index contributed by atoms with van der Waals surface area (Å²) in [6.07, 6.45) is 1.71. The Balaban J connectivity index is 1.39. The molecule has 7 nitrogen and oxygen atoms in total. The van der Waals surface area contributed by atoms with Crippen LogP contribution in [0.1, 0.15) is 11.3 Å². The number of urea groups is 1. The third-order valence-electron chi connectivity index (χ3n) is 4.99. The molecule has 0 aliphatic carbocycles. The van der Waals surface area contributed by atoms with Gasteiger partial charge in [0.25, 0.3) is 0 Å². The molecule has 2 aromatic heterocycles. The Hall–Kier alpha value is -3.49. The number of pyridine rings is 1. The van der Waals surface area contributed by atoms with Crippen LogP contribution in [0.2, 0.25) is 0 Å². The number of hydrogen-bond donors (Lipinski definition) is 1. The Morgan fingerprint density at radius 1 is 1.11 bits per heavy atom. The van der Waals surface area contributed by atoms with E-state index in [2.05, 4.69) is 15.2 Å². The summed E-state index contributed by atoms with van der Waals surface area (Å²) in [5.41, 5.74) is 2.48. The summed E-state index contributed by atoms with van der Waals surface area (Å²) >= 11 is 0. The molecule has 1 aromatic carbocycles. The van der Waals surface area contributed by atoms with Crippen molar-refractivity contribution < 1.29 is 18.3 Å². The van der Waals surface area contributed by atoms with E-state index in [1.165, 1.54) is 28.0 Å². The lowest BCUT2D eigenvalue weighted by Crippen LogP contribution is -2.32. The van der Waals surface area contributed by atoms with Crippen molar-refractivity contribution in [3.8, 4) is 17.0 Å². The largest absolute Gasteiger partial charge is 0.471 e. The van der Waals surface area contributed by atoms with Crippen molar-refractivity contribution in [2.24, 2.45) is 0 Å². The van der Waals surface area contributed by atoms with Gasteiger partial charge < -0.3 is 9.64 Å². The van der Waals surface area contributed by atoms with E-state index in [0.717, 1.165) is 16.8 Å². The number of anilines is 1. The van der Waals surface area contributed by atoms with E-state index in [-0.39, 0.29) is 18.1 Å². The van der Waals surface area contributed by atoms with Crippen LogP contribution in [-0.4, -0.2) is 39.2 Å². The maximum absolute atomic E-state index is 13.9. The molecule has 5 rings (SSSR count). The van der Waals surface area contributed by atoms with Crippen LogP contribution < -0.4 is 9.64 Å². The van der Waals surface area contributed by atoms with Crippen molar-refractivity contribution in [3.63, 3.8) is 0 Å². The fourth-order valence-electron chi connectivity index (χ4n) is 3.51. The van der Waals surface area contributed by atoms with Crippen LogP contribution >= 0.6 is 0 Å². The number of amides is 2. The van der Waals surface area contributed by atoms with Crippen molar-refractivity contribution in [2.75, 3.05) is 18.0 Å². The molecular weight excluding hydrogens is 368 g/mol. The van der Waals surface area contributed by atoms with E-state index in [1.54, 1.807) is 12.3 Å². The smallest absolute Gasteiger partial charge is 0.326 e. The van der Waals surface area contributed by atoms with Gasteiger partial charge in [-0.3, -0.25) is 10.00 Å². The Labute approximate surface area is 158 Å². The molecule has 3 aromatic rings. The quantitative estimate of drug-likeness (QED) is 0.754. The number of ether oxygens (including phenoxy) is 1. The minimum absolute atomic E-state index is 0.119. The molecule has 2 aliphatic rings. The number of benzene rings is 1. The van der Waals surface area contributed by atoms with E-state index >= 15 is 0 Å². The molecule has 2 aliphatic heterocycles. The third kappa shape index (κ3) is 2.58. The minimum atomic E-state index is -0.664. The maximum atomic E-state index is 13.9. The molecule has 0 spiro atoms. The van der Waals surface area contributed by atoms with Crippen LogP contribution in [0.15, 0.2) is 36.5 Å². The lowest BCUT2D eigenvalue weighted by Gasteiger charge is -2.21. The van der Waals surface area contributed by atoms with E-state index in [4.69, 9.17) is 4.74 Å². The SMILES string of the molecule is O=C1N(Cc2c(F)cccc2F)CCN1c1ccc2c(n1)OCc1[nH]ncc1-2. The monoisotopic (exact) mass is 383 g/mol. The number of halogens is 2. The highest BCUT2D eigenvalue weighted by Crippen LogP contribution is 2.37. The molecule has 28 heavy (non-hydrogen) atoms. The van der Waals surface area contributed by atoms with E-state index in [0.29, 0.717) is 31.4 Å². The predicted octanol–water partition coefficient (Wildman–Crippen LogP) is 3.08. The summed E-state index contributed by atoms with van der Waals surface area (Å²) in [7, 11) is 0. The highest BCUT2D eigenvalue weighted by Gasteiger charge is 2.32. The van der Waals surface area contributed by atoms with Crippen LogP contribution in [0.5, 0.6) is 5.88 Å². The van der Waals surface area contributed by atoms with Gasteiger partial charge in [-0.25, -0.2) is 13.6 Å². The highest BCUT2D eigenvalue weighted by atomic mass is 19.1. The van der Waals surface area contributed by atoms with Gasteiger partial charge in [-0.2, -0.15) is 10.1 Å². The number of aromatic amines is 1. The molecule has 1 saturated heterocycles. The summed E-state index contributed by atoms with van der Waals surface area (Å²) in [5, 5.41) is 6.89. The van der Waals surface area contributed by atoms with Gasteiger partial charge in [0.05, 0.1) is 18.4 Å². The maximum Gasteiger partial charge on any atom is 0.326 e. The number of H-pyrrole nitrogens is 1. The van der Waals surface area contributed by atoms with Crippen LogP contribution in [0.3, 0.4) is 0 Å². The first-order chi connectivity index (χ1) is 13.6. The normalized spacial score (nSPS) is 15.4. The van der Waals surface area contributed by atoms with Crippen molar-refractivity contribution >= 4 is 11.8 Å². The minimum Gasteiger partial charge on any atom is -0.471 e. The average molecular weight is 383 g/mol. The van der Waals surface area contributed by atoms with Gasteiger partial charge in [0, 0.05) is 29.8 Å². The molecule has 1 fully saturated rings. The number of aromatic nitrogens is 3. The number of carbonyl (C=O) groups excluding carboxylic acids is 1. The predicted molar refractivity (Wildman–Crippen MR) is 95.7 cm³/mol. The second kappa shape index (κ2) is 6.29. The Kier molecular flexibility index (Phi) is 3.75. The van der Waals surface area contributed by atoms with Crippen LogP contribution in [0, 0.1) is 11.6 Å². The van der Waals surface area contributed by atoms with E-state index < -0.39 is 11.6 Å². The number of nitrogens with zero attached hydrogens (tertiary/aromatic N) is 4. The summed E-state index contributed by atoms with van der Waals surface area (Å²) in [6.45, 7) is 0.912. The molecule has 0 radical (unpaired) electrons. The topological polar surface area (TPSA) is 74.3 Å². The molecule has 0 saturated carbocycles. The van der Waals surface area contributed by atoms with Gasteiger partial charge >= 0.3 is 6.03 Å². The zero-order valence-corrected chi connectivity index (χ0v) is 14.7. The number of hydrogen-bond acceptors (Lipinski definition) is 4. The first-order valence-corrected chi connectivity index (χ1v) is 8.77. The van der Waals surface area contributed by atoms with Crippen LogP contribution in [0.4, 0.5) is 19.4 Å². The highest BCUT2D eigenvalue weighted by molar-refractivity contribution is 5.93. The fraction of sp³-hybridized carbons (Fsp3) is 0.211. The van der Waals surface area contributed by atoms with Crippen LogP contribution in [0.25, 0.3) is 11.1 Å². The Bertz CT molecular complexity index is 1060. The zero-order valence-electron chi connectivity index (χ0n) is 14.7. The van der Waals surface area contributed by atoms with Crippen molar-refractivity contribution in [3.05, 3.63) is 59.4 Å². The van der Waals surface area contributed by atoms with E-state index in [1.807, 2.05) is 6.07 Å². The molecule has 2 amide bonds. The second-order valence-electron chi connectivity index (χ2n) is 6.63. The van der Waals surface area contributed by atoms with Crippen molar-refractivity contribution in [1.82, 2.24) is 20.1 Å². The van der Waals surface area contributed by atoms with Gasteiger partial charge in [0.1, 0.15) is 24.1 Å². The molecule has 4 heterocycles. The zero-order chi connectivity index (χ0) is 19.3. The van der Waals surface area contributed by atoms with Gasteiger partial charge in [-0.05, 0) is 24.3 Å². The van der Waals surface area contributed by atoms with Gasteiger partial charge in [-0.15, -0.1) is 0 Å². The lowest BCUT2D eigenvalue weighted by atomic mass is 10.1. The molecule has 142 valence electrons. The van der Waals surface area contributed by atoms with Gasteiger partial charge in [-0.1, -0.05) is 6.07 Å². The van der Waals surface area contributed by atoms with Gasteiger partial charge in [0.2, 0.25) is 5.88 Å². The summed E-state index contributed by atoms with van der Waals surface area (Å²) in [5.74, 6) is -0.463. The molecular formula is C19H15F2N5O2.